The quantitative estimate of drug-likeness (QED) is 0.860. The van der Waals surface area contributed by atoms with Gasteiger partial charge in [0, 0.05) is 12.7 Å². The standard InChI is InChI=1S/C14H13N3O3/c18-13(10-7-15-16-8-10)17-6-5-9-3-1-2-4-11(9)12(17)14(19)20/h1-4,7-8,12H,5-6H2,(H,15,16)(H,19,20). The second kappa shape index (κ2) is 4.80. The van der Waals surface area contributed by atoms with E-state index in [9.17, 15) is 14.7 Å². The molecule has 2 aromatic rings. The van der Waals surface area contributed by atoms with Crippen LogP contribution in [0.3, 0.4) is 0 Å². The maximum absolute atomic E-state index is 12.4. The first-order chi connectivity index (χ1) is 9.68. The van der Waals surface area contributed by atoms with E-state index >= 15 is 0 Å². The number of carboxylic acid groups (broad SMARTS) is 1. The number of carbonyl (C=O) groups is 2. The summed E-state index contributed by atoms with van der Waals surface area (Å²) in [6, 6.07) is 6.40. The van der Waals surface area contributed by atoms with E-state index in [4.69, 9.17) is 0 Å². The minimum Gasteiger partial charge on any atom is -0.479 e. The molecule has 20 heavy (non-hydrogen) atoms. The third kappa shape index (κ3) is 1.95. The van der Waals surface area contributed by atoms with Gasteiger partial charge in [-0.1, -0.05) is 24.3 Å². The molecule has 1 aromatic heterocycles. The molecule has 1 aliphatic heterocycles. The first kappa shape index (κ1) is 12.4. The molecule has 0 saturated carbocycles. The summed E-state index contributed by atoms with van der Waals surface area (Å²) in [5, 5.41) is 15.8. The molecular weight excluding hydrogens is 258 g/mol. The molecule has 1 aromatic carbocycles. The average Bonchev–Trinajstić information content (AvgIpc) is 2.99. The Kier molecular flexibility index (Phi) is 2.98. The van der Waals surface area contributed by atoms with Crippen LogP contribution in [0.1, 0.15) is 27.5 Å². The fourth-order valence-electron chi connectivity index (χ4n) is 2.59. The second-order valence-electron chi connectivity index (χ2n) is 4.68. The number of aliphatic carboxylic acids is 1. The van der Waals surface area contributed by atoms with E-state index in [1.165, 1.54) is 17.3 Å². The van der Waals surface area contributed by atoms with Crippen molar-refractivity contribution in [3.63, 3.8) is 0 Å². The van der Waals surface area contributed by atoms with Gasteiger partial charge in [-0.3, -0.25) is 9.89 Å². The lowest BCUT2D eigenvalue weighted by Crippen LogP contribution is -2.43. The molecule has 0 radical (unpaired) electrons. The molecular formula is C14H13N3O3. The molecule has 2 heterocycles. The maximum atomic E-state index is 12.4. The predicted octanol–water partition coefficient (Wildman–Crippen LogP) is 1.23. The topological polar surface area (TPSA) is 86.3 Å². The fourth-order valence-corrected chi connectivity index (χ4v) is 2.59. The number of hydrogen-bond acceptors (Lipinski definition) is 3. The van der Waals surface area contributed by atoms with Gasteiger partial charge in [-0.05, 0) is 17.5 Å². The number of aromatic nitrogens is 2. The Morgan fingerprint density at radius 2 is 2.15 bits per heavy atom. The van der Waals surface area contributed by atoms with E-state index in [1.54, 1.807) is 12.1 Å². The van der Waals surface area contributed by atoms with Gasteiger partial charge >= 0.3 is 5.97 Å². The summed E-state index contributed by atoms with van der Waals surface area (Å²) in [7, 11) is 0. The highest BCUT2D eigenvalue weighted by Gasteiger charge is 2.36. The number of carbonyl (C=O) groups excluding carboxylic acids is 1. The summed E-state index contributed by atoms with van der Waals surface area (Å²) < 4.78 is 0. The molecule has 1 aliphatic rings. The molecule has 3 rings (SSSR count). The lowest BCUT2D eigenvalue weighted by Gasteiger charge is -2.34. The van der Waals surface area contributed by atoms with E-state index in [2.05, 4.69) is 10.2 Å². The van der Waals surface area contributed by atoms with Crippen molar-refractivity contribution in [3.05, 3.63) is 53.3 Å². The van der Waals surface area contributed by atoms with Crippen LogP contribution in [-0.4, -0.2) is 38.6 Å². The van der Waals surface area contributed by atoms with Crippen LogP contribution in [0.5, 0.6) is 0 Å². The van der Waals surface area contributed by atoms with Crippen LogP contribution < -0.4 is 0 Å². The predicted molar refractivity (Wildman–Crippen MR) is 70.1 cm³/mol. The largest absolute Gasteiger partial charge is 0.479 e. The molecule has 0 aliphatic carbocycles. The molecule has 0 saturated heterocycles. The molecule has 0 bridgehead atoms. The van der Waals surface area contributed by atoms with Crippen LogP contribution >= 0.6 is 0 Å². The Morgan fingerprint density at radius 3 is 2.85 bits per heavy atom. The number of amides is 1. The number of aromatic amines is 1. The number of hydrogen-bond donors (Lipinski definition) is 2. The summed E-state index contributed by atoms with van der Waals surface area (Å²) in [5.74, 6) is -1.34. The number of nitrogens with zero attached hydrogens (tertiary/aromatic N) is 2. The van der Waals surface area contributed by atoms with Crippen LogP contribution in [-0.2, 0) is 11.2 Å². The van der Waals surface area contributed by atoms with E-state index in [0.717, 1.165) is 5.56 Å². The van der Waals surface area contributed by atoms with Gasteiger partial charge in [0.25, 0.3) is 5.91 Å². The molecule has 2 N–H and O–H groups in total. The zero-order chi connectivity index (χ0) is 14.1. The maximum Gasteiger partial charge on any atom is 0.331 e. The molecule has 6 heteroatoms. The minimum absolute atomic E-state index is 0.319. The van der Waals surface area contributed by atoms with Crippen molar-refractivity contribution in [1.29, 1.82) is 0 Å². The van der Waals surface area contributed by atoms with E-state index < -0.39 is 12.0 Å². The van der Waals surface area contributed by atoms with Gasteiger partial charge in [-0.15, -0.1) is 0 Å². The number of nitrogens with one attached hydrogen (secondary N) is 1. The van der Waals surface area contributed by atoms with Crippen molar-refractivity contribution < 1.29 is 14.7 Å². The number of H-pyrrole nitrogens is 1. The van der Waals surface area contributed by atoms with Crippen molar-refractivity contribution in [2.45, 2.75) is 12.5 Å². The Bertz CT molecular complexity index is 651. The summed E-state index contributed by atoms with van der Waals surface area (Å²) in [6.07, 6.45) is 3.53. The van der Waals surface area contributed by atoms with Crippen molar-refractivity contribution in [2.24, 2.45) is 0 Å². The molecule has 1 unspecified atom stereocenters. The summed E-state index contributed by atoms with van der Waals surface area (Å²) >= 11 is 0. The van der Waals surface area contributed by atoms with Gasteiger partial charge in [0.05, 0.1) is 11.8 Å². The zero-order valence-electron chi connectivity index (χ0n) is 10.6. The van der Waals surface area contributed by atoms with Gasteiger partial charge in [-0.25, -0.2) is 4.79 Å². The normalized spacial score (nSPS) is 17.6. The first-order valence-corrected chi connectivity index (χ1v) is 6.29. The summed E-state index contributed by atoms with van der Waals surface area (Å²) in [5.41, 5.74) is 2.04. The van der Waals surface area contributed by atoms with Crippen LogP contribution in [0.25, 0.3) is 0 Å². The Balaban J connectivity index is 2.01. The second-order valence-corrected chi connectivity index (χ2v) is 4.68. The van der Waals surface area contributed by atoms with E-state index in [1.807, 2.05) is 12.1 Å². The van der Waals surface area contributed by atoms with Crippen LogP contribution in [0, 0.1) is 0 Å². The van der Waals surface area contributed by atoms with Crippen LogP contribution in [0.2, 0.25) is 0 Å². The third-order valence-corrected chi connectivity index (χ3v) is 3.52. The molecule has 1 amide bonds. The van der Waals surface area contributed by atoms with Crippen molar-refractivity contribution in [1.82, 2.24) is 15.1 Å². The lowest BCUT2D eigenvalue weighted by atomic mass is 9.92. The highest BCUT2D eigenvalue weighted by atomic mass is 16.4. The summed E-state index contributed by atoms with van der Waals surface area (Å²) in [4.78, 5) is 25.4. The van der Waals surface area contributed by atoms with Gasteiger partial charge in [0.1, 0.15) is 0 Å². The van der Waals surface area contributed by atoms with Gasteiger partial charge in [0.2, 0.25) is 0 Å². The summed E-state index contributed by atoms with van der Waals surface area (Å²) in [6.45, 7) is 0.387. The Morgan fingerprint density at radius 1 is 1.35 bits per heavy atom. The zero-order valence-corrected chi connectivity index (χ0v) is 10.6. The molecule has 1 atom stereocenters. The van der Waals surface area contributed by atoms with Gasteiger partial charge < -0.3 is 10.0 Å². The Hall–Kier alpha value is -2.63. The number of rotatable bonds is 2. The van der Waals surface area contributed by atoms with Crippen LogP contribution in [0.4, 0.5) is 0 Å². The number of fused-ring (bicyclic) bond motifs is 1. The number of benzene rings is 1. The lowest BCUT2D eigenvalue weighted by molar-refractivity contribution is -0.143. The highest BCUT2D eigenvalue weighted by Crippen LogP contribution is 2.30. The molecule has 102 valence electrons. The van der Waals surface area contributed by atoms with Crippen molar-refractivity contribution >= 4 is 11.9 Å². The van der Waals surface area contributed by atoms with Crippen molar-refractivity contribution in [3.8, 4) is 0 Å². The third-order valence-electron chi connectivity index (χ3n) is 3.52. The average molecular weight is 271 g/mol. The number of carboxylic acids is 1. The molecule has 6 nitrogen and oxygen atoms in total. The van der Waals surface area contributed by atoms with Crippen LogP contribution in [0.15, 0.2) is 36.7 Å². The van der Waals surface area contributed by atoms with Gasteiger partial charge in [-0.2, -0.15) is 5.10 Å². The monoisotopic (exact) mass is 271 g/mol. The SMILES string of the molecule is O=C(O)C1c2ccccc2CCN1C(=O)c1cn[nH]c1. The van der Waals surface area contributed by atoms with Crippen molar-refractivity contribution in [2.75, 3.05) is 6.54 Å². The Labute approximate surface area is 115 Å². The molecule has 0 spiro atoms. The highest BCUT2D eigenvalue weighted by molar-refractivity contribution is 5.96. The molecule has 0 fully saturated rings. The van der Waals surface area contributed by atoms with E-state index in [0.29, 0.717) is 24.1 Å². The van der Waals surface area contributed by atoms with Gasteiger partial charge in [0.15, 0.2) is 6.04 Å². The minimum atomic E-state index is -1.02. The smallest absolute Gasteiger partial charge is 0.331 e. The first-order valence-electron chi connectivity index (χ1n) is 6.29. The van der Waals surface area contributed by atoms with E-state index in [-0.39, 0.29) is 5.91 Å². The fraction of sp³-hybridized carbons (Fsp3) is 0.214.